The smallest absolute Gasteiger partial charge is 0.417 e. The second-order valence-corrected chi connectivity index (χ2v) is 17.3. The van der Waals surface area contributed by atoms with Crippen molar-refractivity contribution < 1.29 is 53.8 Å². The van der Waals surface area contributed by atoms with Crippen LogP contribution in [0.4, 0.5) is 39.5 Å². The van der Waals surface area contributed by atoms with Crippen LogP contribution in [0.25, 0.3) is 0 Å². The Bertz CT molecular complexity index is 1760. The first-order valence-corrected chi connectivity index (χ1v) is 20.9. The number of carbonyl (C=O) groups excluding carboxylic acids is 2. The number of hydrogen-bond acceptors (Lipinski definition) is 10. The molecule has 0 saturated carbocycles. The molecule has 60 heavy (non-hydrogen) atoms. The van der Waals surface area contributed by atoms with E-state index in [2.05, 4.69) is 24.1 Å². The minimum Gasteiger partial charge on any atom is -0.477 e. The standard InChI is InChI=1S/2C14H19F3N2OS.C10H11F3N2OS.CH4/c1-4-5-8-20-13(19-21-10(2)3)11-9-18-7-6-12(11)14(15,16)17;1-4-5-8-19(21-10(2)3)13(20)11-9-18-7-6-12(11)14(15,16)17;1-6(2)17-15-9(16)7-5-14-4-3-8(7)10(11,12)13;/h2*6-7,9-10H,4-5,8H2,1-3H3;3-6H,1-2H3,(H,15,16);1H4. The van der Waals surface area contributed by atoms with Crippen molar-refractivity contribution in [2.75, 3.05) is 13.2 Å². The fourth-order valence-corrected chi connectivity index (χ4v) is 6.03. The molecule has 3 aromatic rings. The zero-order valence-corrected chi connectivity index (χ0v) is 36.2. The fourth-order valence-electron chi connectivity index (χ4n) is 4.19. The number of hydrogen-bond donors (Lipinski definition) is 1. The molecule has 0 unspecified atom stereocenters. The van der Waals surface area contributed by atoms with Gasteiger partial charge in [0.05, 0.1) is 40.0 Å². The molecular weight excluding hydrogens is 868 g/mol. The van der Waals surface area contributed by atoms with E-state index >= 15 is 0 Å². The Hall–Kier alpha value is -3.72. The summed E-state index contributed by atoms with van der Waals surface area (Å²) in [4.78, 5) is 34.9. The van der Waals surface area contributed by atoms with Gasteiger partial charge in [-0.15, -0.1) is 0 Å². The second-order valence-electron chi connectivity index (χ2n) is 13.0. The fraction of sp³-hybridized carbons (Fsp3) is 0.538. The van der Waals surface area contributed by atoms with E-state index in [9.17, 15) is 49.1 Å². The molecule has 2 amide bonds. The number of amides is 2. The van der Waals surface area contributed by atoms with Crippen molar-refractivity contribution in [3.05, 3.63) is 88.8 Å². The number of nitrogens with one attached hydrogen (secondary N) is 1. The molecule has 0 aliphatic rings. The molecule has 0 atom stereocenters. The van der Waals surface area contributed by atoms with Crippen molar-refractivity contribution in [1.29, 1.82) is 0 Å². The number of alkyl halides is 9. The molecule has 3 rings (SSSR count). The van der Waals surface area contributed by atoms with Gasteiger partial charge in [-0.1, -0.05) is 75.7 Å². The maximum Gasteiger partial charge on any atom is 0.417 e. The van der Waals surface area contributed by atoms with Crippen LogP contribution in [0.2, 0.25) is 0 Å². The van der Waals surface area contributed by atoms with Crippen LogP contribution in [-0.4, -0.2) is 65.9 Å². The average molecular weight is 921 g/mol. The molecule has 1 N–H and O–H groups in total. The van der Waals surface area contributed by atoms with Crippen LogP contribution in [-0.2, 0) is 23.3 Å². The van der Waals surface area contributed by atoms with Crippen LogP contribution in [0, 0.1) is 0 Å². The van der Waals surface area contributed by atoms with Crippen molar-refractivity contribution in [2.45, 2.75) is 123 Å². The third kappa shape index (κ3) is 20.7. The predicted molar refractivity (Wildman–Crippen MR) is 223 cm³/mol. The van der Waals surface area contributed by atoms with Crippen molar-refractivity contribution in [3.63, 3.8) is 0 Å². The second kappa shape index (κ2) is 27.3. The molecule has 338 valence electrons. The summed E-state index contributed by atoms with van der Waals surface area (Å²) >= 11 is 3.49. The molecule has 0 fully saturated rings. The third-order valence-electron chi connectivity index (χ3n) is 6.83. The molecular formula is C39H53F9N6O3S3. The summed E-state index contributed by atoms with van der Waals surface area (Å²) in [5, 5.41) is 0.350. The maximum absolute atomic E-state index is 13.1. The molecule has 0 radical (unpaired) electrons. The first-order chi connectivity index (χ1) is 27.4. The Kier molecular flexibility index (Phi) is 25.6. The Balaban J connectivity index is 0.000000869. The summed E-state index contributed by atoms with van der Waals surface area (Å²) in [6.07, 6.45) is -4.10. The highest BCUT2D eigenvalue weighted by atomic mass is 32.2. The van der Waals surface area contributed by atoms with E-state index in [4.69, 9.17) is 4.74 Å². The Labute approximate surface area is 359 Å². The van der Waals surface area contributed by atoms with E-state index in [1.165, 1.54) is 28.2 Å². The monoisotopic (exact) mass is 920 g/mol. The number of rotatable bonds is 15. The quantitative estimate of drug-likeness (QED) is 0.0524. The van der Waals surface area contributed by atoms with Crippen LogP contribution in [0.15, 0.2) is 59.8 Å². The number of nitrogens with zero attached hydrogens (tertiary/aromatic N) is 5. The van der Waals surface area contributed by atoms with Gasteiger partial charge >= 0.3 is 18.5 Å². The van der Waals surface area contributed by atoms with Gasteiger partial charge < -0.3 is 4.74 Å². The maximum atomic E-state index is 13.1. The summed E-state index contributed by atoms with van der Waals surface area (Å²) in [7, 11) is 0. The first kappa shape index (κ1) is 56.3. The molecule has 3 aromatic heterocycles. The van der Waals surface area contributed by atoms with Crippen LogP contribution >= 0.6 is 35.8 Å². The van der Waals surface area contributed by atoms with E-state index in [0.29, 0.717) is 13.2 Å². The Morgan fingerprint density at radius 2 is 1.15 bits per heavy atom. The van der Waals surface area contributed by atoms with Crippen molar-refractivity contribution in [3.8, 4) is 0 Å². The van der Waals surface area contributed by atoms with E-state index in [-0.39, 0.29) is 34.6 Å². The van der Waals surface area contributed by atoms with E-state index in [0.717, 1.165) is 93.0 Å². The molecule has 0 spiro atoms. The highest BCUT2D eigenvalue weighted by Gasteiger charge is 2.38. The van der Waals surface area contributed by atoms with Gasteiger partial charge in [0.1, 0.15) is 0 Å². The number of unbranched alkanes of at least 4 members (excludes halogenated alkanes) is 2. The van der Waals surface area contributed by atoms with Gasteiger partial charge in [0.25, 0.3) is 11.8 Å². The summed E-state index contributed by atoms with van der Waals surface area (Å²) in [6.45, 7) is 15.9. The lowest BCUT2D eigenvalue weighted by atomic mass is 10.1. The van der Waals surface area contributed by atoms with Gasteiger partial charge in [-0.05, 0) is 66.9 Å². The van der Waals surface area contributed by atoms with Crippen LogP contribution in [0.5, 0.6) is 0 Å². The SMILES string of the molecule is C.CC(C)SNC(=O)c1cnccc1C(F)(F)F.CCCCN(SC(C)C)C(=O)c1cnccc1C(F)(F)F.CCCCOC(=NSC(C)C)c1cnccc1C(F)(F)F. The zero-order valence-electron chi connectivity index (χ0n) is 33.8. The van der Waals surface area contributed by atoms with Crippen molar-refractivity contribution in [1.82, 2.24) is 24.0 Å². The Morgan fingerprint density at radius 3 is 1.58 bits per heavy atom. The van der Waals surface area contributed by atoms with Crippen molar-refractivity contribution in [2.24, 2.45) is 4.40 Å². The molecule has 9 nitrogen and oxygen atoms in total. The minimum absolute atomic E-state index is 0. The number of carbonyl (C=O) groups is 2. The Morgan fingerprint density at radius 1 is 0.700 bits per heavy atom. The lowest BCUT2D eigenvalue weighted by Crippen LogP contribution is -2.29. The van der Waals surface area contributed by atoms with Gasteiger partial charge in [0, 0.05) is 59.5 Å². The molecule has 3 heterocycles. The topological polar surface area (TPSA) is 110 Å². The van der Waals surface area contributed by atoms with E-state index in [1.807, 2.05) is 55.4 Å². The molecule has 0 aliphatic heterocycles. The zero-order chi connectivity index (χ0) is 45.0. The van der Waals surface area contributed by atoms with Crippen molar-refractivity contribution >= 4 is 53.6 Å². The number of aromatic nitrogens is 3. The average Bonchev–Trinajstić information content (AvgIpc) is 3.16. The molecule has 0 saturated heterocycles. The van der Waals surface area contributed by atoms with E-state index in [1.54, 1.807) is 0 Å². The highest BCUT2D eigenvalue weighted by molar-refractivity contribution is 7.99. The van der Waals surface area contributed by atoms with Gasteiger partial charge in [-0.2, -0.15) is 43.9 Å². The van der Waals surface area contributed by atoms with E-state index < -0.39 is 58.2 Å². The minimum atomic E-state index is -4.56. The first-order valence-electron chi connectivity index (χ1n) is 18.3. The number of halogens is 9. The number of pyridine rings is 3. The molecule has 21 heteroatoms. The number of ether oxygens (including phenoxy) is 1. The summed E-state index contributed by atoms with van der Waals surface area (Å²) in [5.74, 6) is -1.44. The van der Waals surface area contributed by atoms with Crippen LogP contribution in [0.3, 0.4) is 0 Å². The molecule has 0 aromatic carbocycles. The van der Waals surface area contributed by atoms with Gasteiger partial charge in [0.2, 0.25) is 5.90 Å². The van der Waals surface area contributed by atoms with Crippen LogP contribution in [0.1, 0.15) is 131 Å². The van der Waals surface area contributed by atoms with Gasteiger partial charge in [-0.25, -0.2) is 0 Å². The largest absolute Gasteiger partial charge is 0.477 e. The van der Waals surface area contributed by atoms with Crippen LogP contribution < -0.4 is 4.72 Å². The predicted octanol–water partition coefficient (Wildman–Crippen LogP) is 12.6. The van der Waals surface area contributed by atoms with Gasteiger partial charge in [-0.3, -0.25) is 33.6 Å². The lowest BCUT2D eigenvalue weighted by molar-refractivity contribution is -0.138. The summed E-state index contributed by atoms with van der Waals surface area (Å²) in [5.41, 5.74) is -3.67. The van der Waals surface area contributed by atoms with Gasteiger partial charge in [0.15, 0.2) is 0 Å². The normalized spacial score (nSPS) is 11.9. The molecule has 0 aliphatic carbocycles. The molecule has 0 bridgehead atoms. The summed E-state index contributed by atoms with van der Waals surface area (Å²) in [6, 6.07) is 2.56. The third-order valence-corrected chi connectivity index (χ3v) is 9.33. The highest BCUT2D eigenvalue weighted by Crippen LogP contribution is 2.35. The summed E-state index contributed by atoms with van der Waals surface area (Å²) < 4.78 is 129. The lowest BCUT2D eigenvalue weighted by Gasteiger charge is -2.24.